The normalized spacial score (nSPS) is 17.6. The first kappa shape index (κ1) is 17.2. The molecule has 0 N–H and O–H groups in total. The van der Waals surface area contributed by atoms with Crippen LogP contribution in [0.2, 0.25) is 0 Å². The minimum absolute atomic E-state index is 0.0409. The van der Waals surface area contributed by atoms with Gasteiger partial charge in [0.05, 0.1) is 6.04 Å². The van der Waals surface area contributed by atoms with Crippen LogP contribution >= 0.6 is 0 Å². The Bertz CT molecular complexity index is 691. The van der Waals surface area contributed by atoms with Crippen LogP contribution in [0.25, 0.3) is 0 Å². The molecule has 2 aromatic rings. The fraction of sp³-hybridized carbons (Fsp3) is 0.333. The Morgan fingerprint density at radius 3 is 2.04 bits per heavy atom. The maximum Gasteiger partial charge on any atom is 0.226 e. The first-order valence-corrected chi connectivity index (χ1v) is 8.68. The predicted octanol–water partition coefficient (Wildman–Crippen LogP) is 3.10. The number of hydrogen-bond acceptors (Lipinski definition) is 2. The van der Waals surface area contributed by atoms with Gasteiger partial charge in [0, 0.05) is 33.0 Å². The molecule has 130 valence electrons. The fourth-order valence-corrected chi connectivity index (χ4v) is 3.48. The van der Waals surface area contributed by atoms with E-state index in [1.54, 1.807) is 16.8 Å². The monoisotopic (exact) mass is 336 g/mol. The summed E-state index contributed by atoms with van der Waals surface area (Å²) in [4.78, 5) is 28.6. The molecule has 0 bridgehead atoms. The summed E-state index contributed by atoms with van der Waals surface area (Å²) in [6, 6.07) is 19.9. The lowest BCUT2D eigenvalue weighted by Gasteiger charge is -2.35. The van der Waals surface area contributed by atoms with Gasteiger partial charge in [-0.25, -0.2) is 0 Å². The summed E-state index contributed by atoms with van der Waals surface area (Å²) in [6.07, 6.45) is 1.03. The molecule has 1 fully saturated rings. The Balaban J connectivity index is 1.88. The molecule has 0 radical (unpaired) electrons. The maximum atomic E-state index is 13.1. The average molecular weight is 336 g/mol. The summed E-state index contributed by atoms with van der Waals surface area (Å²) in [5, 5.41) is 0. The van der Waals surface area contributed by atoms with Gasteiger partial charge in [-0.15, -0.1) is 0 Å². The number of hydrogen-bond donors (Lipinski definition) is 0. The molecule has 0 aromatic heterocycles. The number of rotatable bonds is 4. The molecule has 0 aliphatic carbocycles. The van der Waals surface area contributed by atoms with Crippen molar-refractivity contribution in [3.8, 4) is 0 Å². The number of carbonyl (C=O) groups excluding carboxylic acids is 2. The van der Waals surface area contributed by atoms with Crippen LogP contribution in [0.3, 0.4) is 0 Å². The van der Waals surface area contributed by atoms with E-state index in [0.29, 0.717) is 13.0 Å². The van der Waals surface area contributed by atoms with Gasteiger partial charge >= 0.3 is 0 Å². The molecular weight excluding hydrogens is 312 g/mol. The predicted molar refractivity (Wildman–Crippen MR) is 97.9 cm³/mol. The van der Waals surface area contributed by atoms with E-state index in [0.717, 1.165) is 17.5 Å². The molecule has 2 amide bonds. The van der Waals surface area contributed by atoms with Gasteiger partial charge in [-0.05, 0) is 17.5 Å². The molecule has 0 saturated carbocycles. The van der Waals surface area contributed by atoms with Crippen molar-refractivity contribution in [2.75, 3.05) is 20.6 Å². The molecule has 4 heteroatoms. The standard InChI is InChI=1S/C21H24N2O2/c1-22-14-13-18(15-19(22)24)21(25)23(2)20(16-9-5-3-6-10-16)17-11-7-4-8-12-17/h3-12,18,20H,13-15H2,1-2H3. The SMILES string of the molecule is CN1CCC(C(=O)N(C)C(c2ccccc2)c2ccccc2)CC1=O. The van der Waals surface area contributed by atoms with E-state index in [-0.39, 0.29) is 23.8 Å². The van der Waals surface area contributed by atoms with E-state index in [9.17, 15) is 9.59 Å². The van der Waals surface area contributed by atoms with Crippen LogP contribution < -0.4 is 0 Å². The molecule has 1 heterocycles. The minimum atomic E-state index is -0.233. The van der Waals surface area contributed by atoms with Gasteiger partial charge in [0.25, 0.3) is 0 Å². The number of piperidine rings is 1. The van der Waals surface area contributed by atoms with Gasteiger partial charge in [-0.1, -0.05) is 60.7 Å². The van der Waals surface area contributed by atoms with E-state index < -0.39 is 0 Å². The largest absolute Gasteiger partial charge is 0.346 e. The van der Waals surface area contributed by atoms with E-state index in [1.807, 2.05) is 67.7 Å². The Morgan fingerprint density at radius 1 is 1.04 bits per heavy atom. The molecule has 1 aliphatic rings. The van der Waals surface area contributed by atoms with Crippen molar-refractivity contribution in [1.29, 1.82) is 0 Å². The van der Waals surface area contributed by atoms with Crippen LogP contribution in [-0.4, -0.2) is 42.3 Å². The van der Waals surface area contributed by atoms with Crippen LogP contribution in [0.1, 0.15) is 30.0 Å². The molecular formula is C21H24N2O2. The molecule has 3 rings (SSSR count). The second-order valence-electron chi connectivity index (χ2n) is 6.68. The van der Waals surface area contributed by atoms with E-state index >= 15 is 0 Å². The molecule has 1 atom stereocenters. The van der Waals surface area contributed by atoms with Crippen LogP contribution in [0.5, 0.6) is 0 Å². The third-order valence-corrected chi connectivity index (χ3v) is 4.97. The molecule has 4 nitrogen and oxygen atoms in total. The highest BCUT2D eigenvalue weighted by molar-refractivity contribution is 5.87. The lowest BCUT2D eigenvalue weighted by atomic mass is 9.92. The highest BCUT2D eigenvalue weighted by Gasteiger charge is 2.33. The molecule has 1 saturated heterocycles. The zero-order valence-electron chi connectivity index (χ0n) is 14.8. The highest BCUT2D eigenvalue weighted by Crippen LogP contribution is 2.30. The summed E-state index contributed by atoms with van der Waals surface area (Å²) < 4.78 is 0. The summed E-state index contributed by atoms with van der Waals surface area (Å²) >= 11 is 0. The van der Waals surface area contributed by atoms with Gasteiger partial charge < -0.3 is 9.80 Å². The zero-order chi connectivity index (χ0) is 17.8. The fourth-order valence-electron chi connectivity index (χ4n) is 3.48. The van der Waals surface area contributed by atoms with Crippen molar-refractivity contribution in [1.82, 2.24) is 9.80 Å². The van der Waals surface area contributed by atoms with Gasteiger partial charge in [0.1, 0.15) is 0 Å². The van der Waals surface area contributed by atoms with Crippen LogP contribution in [0, 0.1) is 5.92 Å². The number of carbonyl (C=O) groups is 2. The minimum Gasteiger partial charge on any atom is -0.346 e. The first-order valence-electron chi connectivity index (χ1n) is 8.68. The summed E-state index contributed by atoms with van der Waals surface area (Å²) in [7, 11) is 3.64. The second-order valence-corrected chi connectivity index (χ2v) is 6.68. The van der Waals surface area contributed by atoms with Crippen molar-refractivity contribution in [2.24, 2.45) is 5.92 Å². The average Bonchev–Trinajstić information content (AvgIpc) is 2.65. The van der Waals surface area contributed by atoms with E-state index in [4.69, 9.17) is 0 Å². The summed E-state index contributed by atoms with van der Waals surface area (Å²) in [6.45, 7) is 0.643. The number of benzene rings is 2. The zero-order valence-corrected chi connectivity index (χ0v) is 14.8. The molecule has 1 aliphatic heterocycles. The van der Waals surface area contributed by atoms with Crippen LogP contribution in [-0.2, 0) is 9.59 Å². The van der Waals surface area contributed by atoms with Gasteiger partial charge in [-0.3, -0.25) is 9.59 Å². The van der Waals surface area contributed by atoms with Crippen LogP contribution in [0.4, 0.5) is 0 Å². The van der Waals surface area contributed by atoms with Crippen LogP contribution in [0.15, 0.2) is 60.7 Å². The smallest absolute Gasteiger partial charge is 0.226 e. The van der Waals surface area contributed by atoms with Crippen molar-refractivity contribution in [3.63, 3.8) is 0 Å². The highest BCUT2D eigenvalue weighted by atomic mass is 16.2. The number of likely N-dealkylation sites (tertiary alicyclic amines) is 1. The Hall–Kier alpha value is -2.62. The van der Waals surface area contributed by atoms with Crippen molar-refractivity contribution in [2.45, 2.75) is 18.9 Å². The summed E-state index contributed by atoms with van der Waals surface area (Å²) in [5.41, 5.74) is 2.15. The molecule has 25 heavy (non-hydrogen) atoms. The maximum absolute atomic E-state index is 13.1. The Morgan fingerprint density at radius 2 is 1.56 bits per heavy atom. The van der Waals surface area contributed by atoms with Crippen molar-refractivity contribution < 1.29 is 9.59 Å². The number of nitrogens with zero attached hydrogens (tertiary/aromatic N) is 2. The lowest BCUT2D eigenvalue weighted by Crippen LogP contribution is -2.43. The van der Waals surface area contributed by atoms with Gasteiger partial charge in [-0.2, -0.15) is 0 Å². The van der Waals surface area contributed by atoms with Crippen molar-refractivity contribution in [3.05, 3.63) is 71.8 Å². The first-order chi connectivity index (χ1) is 12.1. The second kappa shape index (κ2) is 7.51. The quantitative estimate of drug-likeness (QED) is 0.861. The van der Waals surface area contributed by atoms with Crippen molar-refractivity contribution >= 4 is 11.8 Å². The van der Waals surface area contributed by atoms with Gasteiger partial charge in [0.2, 0.25) is 11.8 Å². The molecule has 2 aromatic carbocycles. The number of amides is 2. The Labute approximate surface area is 149 Å². The topological polar surface area (TPSA) is 40.6 Å². The molecule has 1 unspecified atom stereocenters. The van der Waals surface area contributed by atoms with E-state index in [2.05, 4.69) is 0 Å². The molecule has 0 spiro atoms. The van der Waals surface area contributed by atoms with E-state index in [1.165, 1.54) is 0 Å². The Kier molecular flexibility index (Phi) is 5.17. The van der Waals surface area contributed by atoms with Gasteiger partial charge in [0.15, 0.2) is 0 Å². The lowest BCUT2D eigenvalue weighted by molar-refractivity contribution is -0.144. The third kappa shape index (κ3) is 3.73. The summed E-state index contributed by atoms with van der Waals surface area (Å²) in [5.74, 6) is -0.142. The third-order valence-electron chi connectivity index (χ3n) is 4.97.